The van der Waals surface area contributed by atoms with Crippen LogP contribution in [0, 0.1) is 0 Å². The molecule has 0 amide bonds. The Morgan fingerprint density at radius 3 is 1.55 bits per heavy atom. The van der Waals surface area contributed by atoms with Gasteiger partial charge in [0.2, 0.25) is 11.8 Å². The van der Waals surface area contributed by atoms with Crippen LogP contribution in [0.15, 0.2) is 84.9 Å². The van der Waals surface area contributed by atoms with E-state index in [1.54, 1.807) is 0 Å². The number of phenolic OH excluding ortho intramolecular Hbond substituents is 1. The number of hydrogen-bond acceptors (Lipinski definition) is 3. The van der Waals surface area contributed by atoms with Crippen LogP contribution in [0.2, 0.25) is 0 Å². The van der Waals surface area contributed by atoms with Crippen molar-refractivity contribution in [2.45, 2.75) is 18.3 Å². The van der Waals surface area contributed by atoms with E-state index in [0.717, 1.165) is 28.7 Å². The third-order valence-corrected chi connectivity index (χ3v) is 6.54. The Labute approximate surface area is 180 Å². The lowest BCUT2D eigenvalue weighted by atomic mass is 9.96. The standard InChI is InChI=1S/C27H21NO3/c29-25-21(16-7-3-1-4-8-16)14-20(15-22(25)17-9-5-2-6-10-17)28-26(30)23-18-11-12-19(13-18)24(23)27(28)31/h1-12,14-15,18-19,29-31H,13H2/t18-,19+. The highest BCUT2D eigenvalue weighted by Gasteiger charge is 2.41. The molecule has 4 nitrogen and oxygen atoms in total. The van der Waals surface area contributed by atoms with Crippen molar-refractivity contribution in [1.82, 2.24) is 4.57 Å². The van der Waals surface area contributed by atoms with Crippen molar-refractivity contribution in [3.8, 4) is 45.5 Å². The number of benzene rings is 3. The van der Waals surface area contributed by atoms with Gasteiger partial charge in [-0.3, -0.25) is 4.57 Å². The molecular weight excluding hydrogens is 386 g/mol. The van der Waals surface area contributed by atoms with Crippen LogP contribution in [0.5, 0.6) is 17.5 Å². The van der Waals surface area contributed by atoms with E-state index in [9.17, 15) is 15.3 Å². The predicted octanol–water partition coefficient (Wildman–Crippen LogP) is 6.07. The van der Waals surface area contributed by atoms with E-state index in [-0.39, 0.29) is 29.3 Å². The van der Waals surface area contributed by atoms with Gasteiger partial charge in [-0.25, -0.2) is 0 Å². The number of phenols is 1. The molecule has 1 aromatic heterocycles. The number of rotatable bonds is 3. The van der Waals surface area contributed by atoms with Gasteiger partial charge in [-0.2, -0.15) is 0 Å². The summed E-state index contributed by atoms with van der Waals surface area (Å²) >= 11 is 0. The van der Waals surface area contributed by atoms with Crippen molar-refractivity contribution in [2.24, 2.45) is 0 Å². The number of allylic oxidation sites excluding steroid dienone is 2. The summed E-state index contributed by atoms with van der Waals surface area (Å²) in [5.41, 5.74) is 5.26. The van der Waals surface area contributed by atoms with Gasteiger partial charge in [-0.05, 0) is 29.7 Å². The SMILES string of the molecule is Oc1c(-c2ccccc2)cc(-n2c(O)c3c(c2O)[C@H]2C=C[C@@H]3C2)cc1-c1ccccc1. The summed E-state index contributed by atoms with van der Waals surface area (Å²) in [4.78, 5) is 0. The fourth-order valence-corrected chi connectivity index (χ4v) is 5.11. The Morgan fingerprint density at radius 2 is 1.10 bits per heavy atom. The molecule has 0 saturated carbocycles. The van der Waals surface area contributed by atoms with Crippen molar-refractivity contribution >= 4 is 0 Å². The Bertz CT molecular complexity index is 1240. The summed E-state index contributed by atoms with van der Waals surface area (Å²) in [6, 6.07) is 22.9. The second-order valence-corrected chi connectivity index (χ2v) is 8.27. The molecule has 3 aromatic carbocycles. The Kier molecular flexibility index (Phi) is 3.78. The lowest BCUT2D eigenvalue weighted by Crippen LogP contribution is -1.98. The average Bonchev–Trinajstić information content (AvgIpc) is 3.49. The number of aromatic hydroxyl groups is 3. The summed E-state index contributed by atoms with van der Waals surface area (Å²) in [5.74, 6) is 0.612. The minimum atomic E-state index is 0.0769. The maximum absolute atomic E-state index is 11.2. The fourth-order valence-electron chi connectivity index (χ4n) is 5.11. The highest BCUT2D eigenvalue weighted by molar-refractivity contribution is 5.85. The molecule has 31 heavy (non-hydrogen) atoms. The number of nitrogens with zero attached hydrogens (tertiary/aromatic N) is 1. The van der Waals surface area contributed by atoms with Crippen LogP contribution in [0.1, 0.15) is 29.4 Å². The summed E-state index contributed by atoms with van der Waals surface area (Å²) in [6.07, 6.45) is 5.13. The maximum atomic E-state index is 11.2. The molecule has 2 atom stereocenters. The van der Waals surface area contributed by atoms with E-state index in [1.807, 2.05) is 72.8 Å². The Balaban J connectivity index is 1.62. The molecule has 2 aliphatic rings. The van der Waals surface area contributed by atoms with Crippen LogP contribution < -0.4 is 0 Å². The minimum Gasteiger partial charge on any atom is -0.507 e. The molecule has 0 saturated heterocycles. The van der Waals surface area contributed by atoms with Crippen molar-refractivity contribution < 1.29 is 15.3 Å². The number of aromatic nitrogens is 1. The second-order valence-electron chi connectivity index (χ2n) is 8.27. The molecule has 2 bridgehead atoms. The highest BCUT2D eigenvalue weighted by Crippen LogP contribution is 2.57. The van der Waals surface area contributed by atoms with Gasteiger partial charge in [0.05, 0.1) is 5.69 Å². The van der Waals surface area contributed by atoms with Gasteiger partial charge < -0.3 is 15.3 Å². The lowest BCUT2D eigenvalue weighted by molar-refractivity contribution is 0.395. The predicted molar refractivity (Wildman–Crippen MR) is 121 cm³/mol. The van der Waals surface area contributed by atoms with Gasteiger partial charge in [0.1, 0.15) is 5.75 Å². The van der Waals surface area contributed by atoms with E-state index >= 15 is 0 Å². The lowest BCUT2D eigenvalue weighted by Gasteiger charge is -2.16. The van der Waals surface area contributed by atoms with E-state index in [2.05, 4.69) is 12.2 Å². The van der Waals surface area contributed by atoms with Crippen LogP contribution in [0.4, 0.5) is 0 Å². The van der Waals surface area contributed by atoms with Gasteiger partial charge in [0.15, 0.2) is 0 Å². The smallest absolute Gasteiger partial charge is 0.202 e. The highest BCUT2D eigenvalue weighted by atomic mass is 16.3. The third kappa shape index (κ3) is 2.55. The zero-order valence-electron chi connectivity index (χ0n) is 16.7. The minimum absolute atomic E-state index is 0.0769. The first-order valence-corrected chi connectivity index (χ1v) is 10.5. The normalized spacial score (nSPS) is 18.5. The van der Waals surface area contributed by atoms with Gasteiger partial charge >= 0.3 is 0 Å². The maximum Gasteiger partial charge on any atom is 0.202 e. The van der Waals surface area contributed by atoms with Crippen LogP contribution >= 0.6 is 0 Å². The van der Waals surface area contributed by atoms with Crippen molar-refractivity contribution in [3.63, 3.8) is 0 Å². The Morgan fingerprint density at radius 1 is 0.645 bits per heavy atom. The molecule has 0 spiro atoms. The quantitative estimate of drug-likeness (QED) is 0.361. The summed E-state index contributed by atoms with van der Waals surface area (Å²) < 4.78 is 1.51. The van der Waals surface area contributed by atoms with Crippen molar-refractivity contribution in [2.75, 3.05) is 0 Å². The fraction of sp³-hybridized carbons (Fsp3) is 0.111. The van der Waals surface area contributed by atoms with E-state index in [4.69, 9.17) is 0 Å². The number of hydrogen-bond donors (Lipinski definition) is 3. The topological polar surface area (TPSA) is 65.6 Å². The zero-order valence-corrected chi connectivity index (χ0v) is 16.7. The van der Waals surface area contributed by atoms with Crippen LogP contribution in [0.3, 0.4) is 0 Å². The summed E-state index contributed by atoms with van der Waals surface area (Å²) in [5, 5.41) is 33.4. The third-order valence-electron chi connectivity index (χ3n) is 6.54. The molecule has 4 aromatic rings. The summed E-state index contributed by atoms with van der Waals surface area (Å²) in [6.45, 7) is 0. The molecule has 4 heteroatoms. The first kappa shape index (κ1) is 17.9. The van der Waals surface area contributed by atoms with E-state index < -0.39 is 0 Å². The van der Waals surface area contributed by atoms with Crippen LogP contribution in [0.25, 0.3) is 27.9 Å². The van der Waals surface area contributed by atoms with E-state index in [0.29, 0.717) is 16.8 Å². The summed E-state index contributed by atoms with van der Waals surface area (Å²) in [7, 11) is 0. The Hall–Kier alpha value is -3.92. The van der Waals surface area contributed by atoms with Crippen LogP contribution in [-0.2, 0) is 0 Å². The molecule has 2 aliphatic carbocycles. The van der Waals surface area contributed by atoms with Crippen molar-refractivity contribution in [3.05, 3.63) is 96.1 Å². The molecule has 0 radical (unpaired) electrons. The van der Waals surface area contributed by atoms with E-state index in [1.165, 1.54) is 4.57 Å². The zero-order chi connectivity index (χ0) is 21.1. The number of fused-ring (bicyclic) bond motifs is 5. The molecule has 0 unspecified atom stereocenters. The molecule has 152 valence electrons. The molecule has 1 heterocycles. The molecule has 0 aliphatic heterocycles. The monoisotopic (exact) mass is 407 g/mol. The first-order valence-electron chi connectivity index (χ1n) is 10.5. The second kappa shape index (κ2) is 6.54. The molecular formula is C27H21NO3. The van der Waals surface area contributed by atoms with Gasteiger partial charge in [-0.1, -0.05) is 72.8 Å². The molecule has 3 N–H and O–H groups in total. The largest absolute Gasteiger partial charge is 0.507 e. The molecule has 6 rings (SSSR count). The van der Waals surface area contributed by atoms with Gasteiger partial charge in [0.25, 0.3) is 0 Å². The van der Waals surface area contributed by atoms with Gasteiger partial charge in [0, 0.05) is 34.1 Å². The van der Waals surface area contributed by atoms with Gasteiger partial charge in [-0.15, -0.1) is 0 Å². The van der Waals surface area contributed by atoms with Crippen molar-refractivity contribution in [1.29, 1.82) is 0 Å². The molecule has 0 fully saturated rings. The average molecular weight is 407 g/mol. The first-order chi connectivity index (χ1) is 15.1. The van der Waals surface area contributed by atoms with Crippen LogP contribution in [-0.4, -0.2) is 19.9 Å².